The Bertz CT molecular complexity index is 850. The summed E-state index contributed by atoms with van der Waals surface area (Å²) in [5.41, 5.74) is 0. The molecule has 7 nitrogen and oxygen atoms in total. The maximum Gasteiger partial charge on any atom is 0.303 e. The van der Waals surface area contributed by atoms with Gasteiger partial charge < -0.3 is 19.9 Å². The summed E-state index contributed by atoms with van der Waals surface area (Å²) in [5.74, 6) is -1.17. The highest BCUT2D eigenvalue weighted by molar-refractivity contribution is 5.76. The van der Waals surface area contributed by atoms with Crippen LogP contribution in [0.1, 0.15) is 265 Å². The van der Waals surface area contributed by atoms with E-state index in [9.17, 15) is 19.5 Å². The molecular weight excluding hydrogens is 687 g/mol. The molecule has 0 bridgehead atoms. The molecule has 1 amide bonds. The molecule has 7 heteroatoms. The van der Waals surface area contributed by atoms with Crippen LogP contribution in [0.5, 0.6) is 0 Å². The zero-order chi connectivity index (χ0) is 40.5. The summed E-state index contributed by atoms with van der Waals surface area (Å²) in [7, 11) is 0. The average molecular weight is 780 g/mol. The van der Waals surface area contributed by atoms with Gasteiger partial charge in [0.1, 0.15) is 6.10 Å². The van der Waals surface area contributed by atoms with E-state index in [1.807, 2.05) is 0 Å². The van der Waals surface area contributed by atoms with Crippen molar-refractivity contribution in [3.05, 3.63) is 0 Å². The zero-order valence-corrected chi connectivity index (χ0v) is 37.1. The summed E-state index contributed by atoms with van der Waals surface area (Å²) in [6, 6.07) is -0.831. The van der Waals surface area contributed by atoms with Crippen LogP contribution in [-0.4, -0.2) is 47.8 Å². The van der Waals surface area contributed by atoms with Crippen molar-refractivity contribution in [2.45, 2.75) is 284 Å². The highest BCUT2D eigenvalue weighted by Gasteiger charge is 2.35. The van der Waals surface area contributed by atoms with Gasteiger partial charge in [-0.1, -0.05) is 226 Å². The van der Waals surface area contributed by atoms with Gasteiger partial charge in [0.05, 0.1) is 12.6 Å². The Morgan fingerprint density at radius 1 is 0.436 bits per heavy atom. The Balaban J connectivity index is 4.09. The fourth-order valence-electron chi connectivity index (χ4n) is 7.88. The highest BCUT2D eigenvalue weighted by atomic mass is 16.6. The number of aliphatic hydroxyl groups is 1. The third kappa shape index (κ3) is 37.7. The first-order valence-electron chi connectivity index (χ1n) is 24.1. The van der Waals surface area contributed by atoms with E-state index in [-0.39, 0.29) is 5.91 Å². The van der Waals surface area contributed by atoms with E-state index in [1.54, 1.807) is 0 Å². The van der Waals surface area contributed by atoms with Gasteiger partial charge >= 0.3 is 11.9 Å². The third-order valence-corrected chi connectivity index (χ3v) is 11.3. The molecule has 0 aliphatic carbocycles. The van der Waals surface area contributed by atoms with Gasteiger partial charge in [0.25, 0.3) is 0 Å². The number of aliphatic hydroxyl groups excluding tert-OH is 1. The Morgan fingerprint density at radius 3 is 1.02 bits per heavy atom. The maximum atomic E-state index is 12.9. The number of amides is 1. The van der Waals surface area contributed by atoms with E-state index in [0.717, 1.165) is 38.5 Å². The zero-order valence-electron chi connectivity index (χ0n) is 37.1. The first-order chi connectivity index (χ1) is 26.8. The van der Waals surface area contributed by atoms with Crippen molar-refractivity contribution in [3.63, 3.8) is 0 Å². The lowest BCUT2D eigenvalue weighted by Crippen LogP contribution is -2.53. The first kappa shape index (κ1) is 53.4. The molecular formula is C48H93NO6. The molecule has 0 aromatic heterocycles. The fourth-order valence-corrected chi connectivity index (χ4v) is 7.88. The van der Waals surface area contributed by atoms with Crippen LogP contribution in [0.15, 0.2) is 0 Å². The Kier molecular flexibility index (Phi) is 40.7. The Hall–Kier alpha value is -1.63. The van der Waals surface area contributed by atoms with Crippen LogP contribution in [-0.2, 0) is 23.9 Å². The lowest BCUT2D eigenvalue weighted by Gasteiger charge is -2.32. The van der Waals surface area contributed by atoms with E-state index >= 15 is 0 Å². The number of nitrogens with one attached hydrogen (secondary N) is 1. The molecule has 0 aromatic carbocycles. The van der Waals surface area contributed by atoms with Gasteiger partial charge in [-0.15, -0.1) is 0 Å². The quantitative estimate of drug-likeness (QED) is 0.0472. The fraction of sp³-hybridized carbons (Fsp3) is 0.938. The molecule has 0 fully saturated rings. The lowest BCUT2D eigenvalue weighted by molar-refractivity contribution is -0.170. The second kappa shape index (κ2) is 42.0. The summed E-state index contributed by atoms with van der Waals surface area (Å²) < 4.78 is 11.2. The normalized spacial score (nSPS) is 13.0. The number of carbonyl (C=O) groups excluding carboxylic acids is 3. The third-order valence-electron chi connectivity index (χ3n) is 11.3. The second-order valence-electron chi connectivity index (χ2n) is 16.8. The van der Waals surface area contributed by atoms with E-state index in [1.165, 1.54) is 200 Å². The molecule has 0 saturated heterocycles. The van der Waals surface area contributed by atoms with Crippen LogP contribution < -0.4 is 5.32 Å². The summed E-state index contributed by atoms with van der Waals surface area (Å²) in [4.78, 5) is 36.9. The molecule has 0 aliphatic rings. The SMILES string of the molecule is CCCCCCCCCCCCCCCCCCCCCCCCCC(=O)NC(CO)C(OC(C)=O)C(CCCCCCCCCCCCCC)OC(C)=O. The number of carbonyl (C=O) groups is 3. The molecule has 3 unspecified atom stereocenters. The predicted octanol–water partition coefficient (Wildman–Crippen LogP) is 13.8. The van der Waals surface area contributed by atoms with Crippen molar-refractivity contribution in [3.8, 4) is 0 Å². The van der Waals surface area contributed by atoms with Gasteiger partial charge in [-0.3, -0.25) is 14.4 Å². The van der Waals surface area contributed by atoms with Crippen LogP contribution in [0.2, 0.25) is 0 Å². The summed E-state index contributed by atoms with van der Waals surface area (Å²) in [6.07, 6.45) is 44.5. The number of rotatable bonds is 43. The standard InChI is InChI=1S/C48H93NO6/c1-5-7-9-11-13-15-17-19-20-21-22-23-24-25-26-27-28-29-31-33-35-37-39-41-47(53)49-45(42-50)48(55-44(4)52)46(54-43(3)51)40-38-36-34-32-30-18-16-14-12-10-8-6-2/h45-46,48,50H,5-42H2,1-4H3,(H,49,53). The maximum absolute atomic E-state index is 12.9. The predicted molar refractivity (Wildman–Crippen MR) is 232 cm³/mol. The number of hydrogen-bond donors (Lipinski definition) is 2. The minimum Gasteiger partial charge on any atom is -0.459 e. The van der Waals surface area contributed by atoms with E-state index < -0.39 is 36.8 Å². The van der Waals surface area contributed by atoms with Crippen LogP contribution >= 0.6 is 0 Å². The molecule has 0 heterocycles. The smallest absolute Gasteiger partial charge is 0.303 e. The molecule has 55 heavy (non-hydrogen) atoms. The van der Waals surface area contributed by atoms with Gasteiger partial charge in [-0.25, -0.2) is 0 Å². The van der Waals surface area contributed by atoms with Crippen LogP contribution in [0, 0.1) is 0 Å². The molecule has 0 aliphatic heterocycles. The minimum absolute atomic E-state index is 0.174. The number of esters is 2. The summed E-state index contributed by atoms with van der Waals surface area (Å²) >= 11 is 0. The topological polar surface area (TPSA) is 102 Å². The minimum atomic E-state index is -0.933. The summed E-state index contributed by atoms with van der Waals surface area (Å²) in [6.45, 7) is 6.78. The summed E-state index contributed by atoms with van der Waals surface area (Å²) in [5, 5.41) is 13.1. The van der Waals surface area contributed by atoms with E-state index in [4.69, 9.17) is 9.47 Å². The molecule has 3 atom stereocenters. The molecule has 2 N–H and O–H groups in total. The molecule has 0 radical (unpaired) electrons. The van der Waals surface area contributed by atoms with E-state index in [2.05, 4.69) is 19.2 Å². The van der Waals surface area contributed by atoms with Crippen molar-refractivity contribution in [2.75, 3.05) is 6.61 Å². The van der Waals surface area contributed by atoms with Crippen molar-refractivity contribution in [2.24, 2.45) is 0 Å². The largest absolute Gasteiger partial charge is 0.459 e. The van der Waals surface area contributed by atoms with Gasteiger partial charge in [-0.2, -0.15) is 0 Å². The molecule has 326 valence electrons. The lowest BCUT2D eigenvalue weighted by atomic mass is 9.98. The molecule has 0 rings (SSSR count). The first-order valence-corrected chi connectivity index (χ1v) is 24.1. The average Bonchev–Trinajstić information content (AvgIpc) is 3.16. The molecule has 0 saturated carbocycles. The number of ether oxygens (including phenoxy) is 2. The van der Waals surface area contributed by atoms with Crippen molar-refractivity contribution in [1.82, 2.24) is 5.32 Å². The number of unbranched alkanes of at least 4 members (excludes halogenated alkanes) is 33. The van der Waals surface area contributed by atoms with Crippen molar-refractivity contribution < 1.29 is 29.0 Å². The van der Waals surface area contributed by atoms with Crippen molar-refractivity contribution in [1.29, 1.82) is 0 Å². The van der Waals surface area contributed by atoms with Crippen LogP contribution in [0.4, 0.5) is 0 Å². The second-order valence-corrected chi connectivity index (χ2v) is 16.8. The highest BCUT2D eigenvalue weighted by Crippen LogP contribution is 2.20. The van der Waals surface area contributed by atoms with Crippen LogP contribution in [0.25, 0.3) is 0 Å². The molecule has 0 spiro atoms. The van der Waals surface area contributed by atoms with Gasteiger partial charge in [0, 0.05) is 20.3 Å². The number of hydrogen-bond acceptors (Lipinski definition) is 6. The van der Waals surface area contributed by atoms with Gasteiger partial charge in [0.15, 0.2) is 6.10 Å². The Labute approximate surface area is 341 Å². The molecule has 0 aromatic rings. The van der Waals surface area contributed by atoms with Gasteiger partial charge in [-0.05, 0) is 19.3 Å². The van der Waals surface area contributed by atoms with Crippen LogP contribution in [0.3, 0.4) is 0 Å². The Morgan fingerprint density at radius 2 is 0.727 bits per heavy atom. The van der Waals surface area contributed by atoms with E-state index in [0.29, 0.717) is 12.8 Å². The van der Waals surface area contributed by atoms with Crippen molar-refractivity contribution >= 4 is 17.8 Å². The van der Waals surface area contributed by atoms with Gasteiger partial charge in [0.2, 0.25) is 5.91 Å². The monoisotopic (exact) mass is 780 g/mol.